The number of nitrogens with one attached hydrogen (secondary N) is 1. The molecule has 1 aromatic carbocycles. The van der Waals surface area contributed by atoms with Gasteiger partial charge in [0.25, 0.3) is 0 Å². The van der Waals surface area contributed by atoms with Crippen molar-refractivity contribution in [2.75, 3.05) is 14.2 Å². The Bertz CT molecular complexity index is 650. The molecule has 1 amide bonds. The zero-order valence-corrected chi connectivity index (χ0v) is 16.1. The first kappa shape index (κ1) is 20.0. The van der Waals surface area contributed by atoms with Crippen LogP contribution in [0.15, 0.2) is 24.3 Å². The van der Waals surface area contributed by atoms with Crippen LogP contribution in [-0.4, -0.2) is 56.6 Å². The topological polar surface area (TPSA) is 101 Å². The molecule has 0 bridgehead atoms. The predicted octanol–water partition coefficient (Wildman–Crippen LogP) is 0.920. The quantitative estimate of drug-likeness (QED) is 0.691. The molecule has 0 unspecified atom stereocenters. The summed E-state index contributed by atoms with van der Waals surface area (Å²) < 4.78 is 28.6. The fourth-order valence-electron chi connectivity index (χ4n) is 3.61. The lowest BCUT2D eigenvalue weighted by Gasteiger charge is -2.30. The number of fused-ring (bicyclic) bond motifs is 1. The third-order valence-electron chi connectivity index (χ3n) is 4.84. The standard InChI is InChI=1S/C19H28N2O6/c1-19(2)26-17-16(24-4)15(25-18(17)27-19)13(9-14(20)22)21-10-11-5-7-12(23-3)8-6-11/h5-8,13,15-18,21H,9-10H2,1-4H3,(H2,20,22)/t13-,15+,16-,17+,18+/m0/s1. The summed E-state index contributed by atoms with van der Waals surface area (Å²) in [6.45, 7) is 4.21. The van der Waals surface area contributed by atoms with Gasteiger partial charge in [-0.05, 0) is 31.5 Å². The number of ether oxygens (including phenoxy) is 5. The molecule has 0 saturated carbocycles. The van der Waals surface area contributed by atoms with Crippen LogP contribution >= 0.6 is 0 Å². The van der Waals surface area contributed by atoms with Gasteiger partial charge >= 0.3 is 0 Å². The van der Waals surface area contributed by atoms with E-state index in [1.165, 1.54) is 0 Å². The number of benzene rings is 1. The highest BCUT2D eigenvalue weighted by molar-refractivity contribution is 5.74. The van der Waals surface area contributed by atoms with Crippen LogP contribution in [0.1, 0.15) is 25.8 Å². The second kappa shape index (κ2) is 8.12. The van der Waals surface area contributed by atoms with E-state index in [9.17, 15) is 4.79 Å². The first-order chi connectivity index (χ1) is 12.8. The van der Waals surface area contributed by atoms with Gasteiger partial charge in [-0.1, -0.05) is 12.1 Å². The number of hydrogen-bond donors (Lipinski definition) is 2. The molecular weight excluding hydrogens is 352 g/mol. The molecule has 1 aromatic rings. The Morgan fingerprint density at radius 1 is 1.26 bits per heavy atom. The van der Waals surface area contributed by atoms with Gasteiger partial charge in [0.2, 0.25) is 5.91 Å². The fraction of sp³-hybridized carbons (Fsp3) is 0.632. The van der Waals surface area contributed by atoms with Crippen molar-refractivity contribution in [3.05, 3.63) is 29.8 Å². The highest BCUT2D eigenvalue weighted by Gasteiger charge is 2.56. The zero-order valence-electron chi connectivity index (χ0n) is 16.1. The molecule has 150 valence electrons. The number of hydrogen-bond acceptors (Lipinski definition) is 7. The largest absolute Gasteiger partial charge is 0.497 e. The number of carbonyl (C=O) groups is 1. The van der Waals surface area contributed by atoms with E-state index in [1.807, 2.05) is 38.1 Å². The molecule has 8 heteroatoms. The Balaban J connectivity index is 1.69. The summed E-state index contributed by atoms with van der Waals surface area (Å²) in [6.07, 6.45) is -1.57. The van der Waals surface area contributed by atoms with Crippen molar-refractivity contribution >= 4 is 5.91 Å². The van der Waals surface area contributed by atoms with Crippen LogP contribution in [0.5, 0.6) is 5.75 Å². The average molecular weight is 380 g/mol. The monoisotopic (exact) mass is 380 g/mol. The molecule has 0 aromatic heterocycles. The Morgan fingerprint density at radius 2 is 1.96 bits per heavy atom. The van der Waals surface area contributed by atoms with Crippen LogP contribution < -0.4 is 15.8 Å². The normalized spacial score (nSPS) is 30.1. The van der Waals surface area contributed by atoms with Crippen molar-refractivity contribution < 1.29 is 28.5 Å². The van der Waals surface area contributed by atoms with Crippen LogP contribution in [0.25, 0.3) is 0 Å². The van der Waals surface area contributed by atoms with E-state index in [4.69, 9.17) is 29.4 Å². The third-order valence-corrected chi connectivity index (χ3v) is 4.84. The number of carbonyl (C=O) groups excluding carboxylic acids is 1. The van der Waals surface area contributed by atoms with Crippen molar-refractivity contribution in [1.29, 1.82) is 0 Å². The minimum Gasteiger partial charge on any atom is -0.497 e. The van der Waals surface area contributed by atoms with Gasteiger partial charge in [-0.15, -0.1) is 0 Å². The first-order valence-electron chi connectivity index (χ1n) is 9.01. The zero-order chi connectivity index (χ0) is 19.6. The van der Waals surface area contributed by atoms with E-state index < -0.39 is 24.1 Å². The smallest absolute Gasteiger partial charge is 0.219 e. The van der Waals surface area contributed by atoms with Gasteiger partial charge in [0.05, 0.1) is 7.11 Å². The summed E-state index contributed by atoms with van der Waals surface area (Å²) in [5, 5.41) is 3.36. The van der Waals surface area contributed by atoms with Crippen LogP contribution in [0, 0.1) is 0 Å². The number of primary amides is 1. The van der Waals surface area contributed by atoms with Crippen molar-refractivity contribution in [3.63, 3.8) is 0 Å². The predicted molar refractivity (Wildman–Crippen MR) is 96.9 cm³/mol. The summed E-state index contributed by atoms with van der Waals surface area (Å²) in [5.74, 6) is -0.358. The van der Waals surface area contributed by atoms with Crippen LogP contribution in [-0.2, 0) is 30.3 Å². The lowest BCUT2D eigenvalue weighted by atomic mass is 10.00. The number of nitrogens with two attached hydrogens (primary N) is 1. The third kappa shape index (κ3) is 4.59. The minimum atomic E-state index is -0.729. The van der Waals surface area contributed by atoms with Gasteiger partial charge in [-0.3, -0.25) is 4.79 Å². The SMILES string of the molecule is COc1ccc(CN[C@@H](CC(N)=O)[C@H]2O[C@@H]3OC(C)(C)O[C@@H]3[C@H]2OC)cc1. The maximum absolute atomic E-state index is 11.6. The van der Waals surface area contributed by atoms with Gasteiger partial charge in [-0.2, -0.15) is 0 Å². The van der Waals surface area contributed by atoms with Crippen LogP contribution in [0.2, 0.25) is 0 Å². The van der Waals surface area contributed by atoms with Crippen molar-refractivity contribution in [3.8, 4) is 5.75 Å². The number of rotatable bonds is 8. The lowest BCUT2D eigenvalue weighted by Crippen LogP contribution is -2.49. The highest BCUT2D eigenvalue weighted by atomic mass is 16.8. The molecule has 27 heavy (non-hydrogen) atoms. The summed E-state index contributed by atoms with van der Waals surface area (Å²) in [4.78, 5) is 11.6. The Hall–Kier alpha value is -1.71. The molecule has 3 N–H and O–H groups in total. The molecule has 0 radical (unpaired) electrons. The molecule has 2 fully saturated rings. The average Bonchev–Trinajstić information content (AvgIpc) is 3.09. The minimum absolute atomic E-state index is 0.115. The summed E-state index contributed by atoms with van der Waals surface area (Å²) in [5.41, 5.74) is 6.51. The molecule has 2 aliphatic heterocycles. The molecule has 2 saturated heterocycles. The van der Waals surface area contributed by atoms with Crippen LogP contribution in [0.3, 0.4) is 0 Å². The fourth-order valence-corrected chi connectivity index (χ4v) is 3.61. The molecule has 3 rings (SSSR count). The number of amides is 1. The Morgan fingerprint density at radius 3 is 2.56 bits per heavy atom. The van der Waals surface area contributed by atoms with E-state index in [1.54, 1.807) is 14.2 Å². The maximum atomic E-state index is 11.6. The van der Waals surface area contributed by atoms with Gasteiger partial charge < -0.3 is 34.7 Å². The molecule has 8 nitrogen and oxygen atoms in total. The maximum Gasteiger partial charge on any atom is 0.219 e. The molecule has 5 atom stereocenters. The van der Waals surface area contributed by atoms with Gasteiger partial charge in [0.1, 0.15) is 24.1 Å². The van der Waals surface area contributed by atoms with Gasteiger partial charge in [-0.25, -0.2) is 0 Å². The summed E-state index contributed by atoms with van der Waals surface area (Å²) in [7, 11) is 3.23. The van der Waals surface area contributed by atoms with Crippen molar-refractivity contribution in [2.45, 2.75) is 63.2 Å². The van der Waals surface area contributed by atoms with Crippen molar-refractivity contribution in [1.82, 2.24) is 5.32 Å². The van der Waals surface area contributed by atoms with E-state index in [-0.39, 0.29) is 24.7 Å². The summed E-state index contributed by atoms with van der Waals surface area (Å²) in [6, 6.07) is 7.35. The Kier molecular flexibility index (Phi) is 6.02. The van der Waals surface area contributed by atoms with E-state index in [0.717, 1.165) is 11.3 Å². The van der Waals surface area contributed by atoms with E-state index in [0.29, 0.717) is 6.54 Å². The molecule has 2 aliphatic rings. The second-order valence-corrected chi connectivity index (χ2v) is 7.28. The van der Waals surface area contributed by atoms with Gasteiger partial charge in [0, 0.05) is 26.1 Å². The molecule has 0 spiro atoms. The Labute approximate surface area is 159 Å². The first-order valence-corrected chi connectivity index (χ1v) is 9.01. The summed E-state index contributed by atoms with van der Waals surface area (Å²) >= 11 is 0. The van der Waals surface area contributed by atoms with Crippen molar-refractivity contribution in [2.24, 2.45) is 5.73 Å². The highest BCUT2D eigenvalue weighted by Crippen LogP contribution is 2.39. The van der Waals surface area contributed by atoms with Crippen LogP contribution in [0.4, 0.5) is 0 Å². The lowest BCUT2D eigenvalue weighted by molar-refractivity contribution is -0.220. The molecule has 0 aliphatic carbocycles. The second-order valence-electron chi connectivity index (χ2n) is 7.28. The number of methoxy groups -OCH3 is 2. The van der Waals surface area contributed by atoms with E-state index >= 15 is 0 Å². The van der Waals surface area contributed by atoms with E-state index in [2.05, 4.69) is 5.32 Å². The molecule has 2 heterocycles. The molecular formula is C19H28N2O6. The van der Waals surface area contributed by atoms with Gasteiger partial charge in [0.15, 0.2) is 12.1 Å².